The molecule has 0 aliphatic rings. The molecule has 0 bridgehead atoms. The highest BCUT2D eigenvalue weighted by atomic mass is 79.9. The first kappa shape index (κ1) is 14.3. The zero-order valence-electron chi connectivity index (χ0n) is 10.7. The fourth-order valence-electron chi connectivity index (χ4n) is 1.64. The van der Waals surface area contributed by atoms with Crippen LogP contribution in [0.1, 0.15) is 5.56 Å². The van der Waals surface area contributed by atoms with Gasteiger partial charge in [0.1, 0.15) is 12.4 Å². The van der Waals surface area contributed by atoms with Crippen LogP contribution in [0.3, 0.4) is 0 Å². The van der Waals surface area contributed by atoms with Crippen LogP contribution in [0.25, 0.3) is 0 Å². The lowest BCUT2D eigenvalue weighted by molar-refractivity contribution is -0.386. The first-order valence-corrected chi connectivity index (χ1v) is 6.59. The quantitative estimate of drug-likeness (QED) is 0.668. The maximum Gasteiger partial charge on any atom is 0.312 e. The predicted octanol–water partition coefficient (Wildman–Crippen LogP) is 3.37. The van der Waals surface area contributed by atoms with E-state index in [9.17, 15) is 10.1 Å². The molecule has 0 atom stereocenters. The molecule has 0 saturated heterocycles. The van der Waals surface area contributed by atoms with Crippen LogP contribution in [0.2, 0.25) is 0 Å². The Morgan fingerprint density at radius 1 is 1.45 bits per heavy atom. The molecule has 20 heavy (non-hydrogen) atoms. The number of nitrogens with zero attached hydrogens (tertiary/aromatic N) is 2. The normalized spacial score (nSPS) is 10.1. The van der Waals surface area contributed by atoms with Crippen LogP contribution in [-0.4, -0.2) is 17.0 Å². The summed E-state index contributed by atoms with van der Waals surface area (Å²) in [6.45, 7) is 0.223. The summed E-state index contributed by atoms with van der Waals surface area (Å²) in [5.41, 5.74) is 0.802. The number of nitrogens with one attached hydrogen (secondary N) is 1. The molecule has 2 aromatic rings. The van der Waals surface area contributed by atoms with Crippen LogP contribution in [0, 0.1) is 10.1 Å². The van der Waals surface area contributed by atoms with Gasteiger partial charge in [-0.05, 0) is 39.7 Å². The highest BCUT2D eigenvalue weighted by Gasteiger charge is 2.17. The summed E-state index contributed by atoms with van der Waals surface area (Å²) in [6.07, 6.45) is 1.65. The molecule has 1 N–H and O–H groups in total. The number of hydrogen-bond acceptors (Lipinski definition) is 5. The summed E-state index contributed by atoms with van der Waals surface area (Å²) >= 11 is 3.26. The van der Waals surface area contributed by atoms with E-state index >= 15 is 0 Å². The molecule has 0 aliphatic carbocycles. The van der Waals surface area contributed by atoms with Crippen molar-refractivity contribution in [3.8, 4) is 5.75 Å². The minimum absolute atomic E-state index is 0.0673. The van der Waals surface area contributed by atoms with Crippen molar-refractivity contribution < 1.29 is 9.66 Å². The largest absolute Gasteiger partial charge is 0.481 e. The second kappa shape index (κ2) is 6.33. The van der Waals surface area contributed by atoms with Gasteiger partial charge < -0.3 is 10.1 Å². The number of nitro groups is 1. The van der Waals surface area contributed by atoms with Crippen LogP contribution in [0.4, 0.5) is 11.5 Å². The average Bonchev–Trinajstić information content (AvgIpc) is 2.45. The molecule has 7 heteroatoms. The molecule has 2 rings (SSSR count). The Morgan fingerprint density at radius 3 is 2.95 bits per heavy atom. The average molecular weight is 338 g/mol. The monoisotopic (exact) mass is 337 g/mol. The third-order valence-corrected chi connectivity index (χ3v) is 3.23. The van der Waals surface area contributed by atoms with Crippen LogP contribution >= 0.6 is 15.9 Å². The molecular weight excluding hydrogens is 326 g/mol. The Morgan fingerprint density at radius 2 is 2.25 bits per heavy atom. The van der Waals surface area contributed by atoms with E-state index < -0.39 is 4.92 Å². The second-order valence-electron chi connectivity index (χ2n) is 3.93. The zero-order valence-corrected chi connectivity index (χ0v) is 12.3. The van der Waals surface area contributed by atoms with Gasteiger partial charge in [0.25, 0.3) is 0 Å². The molecule has 0 unspecified atom stereocenters. The Hall–Kier alpha value is -2.15. The maximum atomic E-state index is 11.0. The van der Waals surface area contributed by atoms with Crippen molar-refractivity contribution in [3.63, 3.8) is 0 Å². The molecular formula is C13H12BrN3O3. The van der Waals surface area contributed by atoms with E-state index in [1.165, 1.54) is 6.07 Å². The molecule has 1 aromatic heterocycles. The van der Waals surface area contributed by atoms with Crippen LogP contribution < -0.4 is 10.1 Å². The Kier molecular flexibility index (Phi) is 4.52. The van der Waals surface area contributed by atoms with Crippen LogP contribution in [-0.2, 0) is 6.61 Å². The number of hydrogen-bond donors (Lipinski definition) is 1. The summed E-state index contributed by atoms with van der Waals surface area (Å²) in [7, 11) is 1.77. The standard InChI is InChI=1S/C13H12BrN3O3/c1-15-12-7-9(5-6-16-12)8-20-13-10(14)3-2-4-11(13)17(18)19/h2-7H,8H2,1H3,(H,15,16). The van der Waals surface area contributed by atoms with Crippen LogP contribution in [0.5, 0.6) is 5.75 Å². The number of anilines is 1. The molecule has 0 radical (unpaired) electrons. The first-order valence-electron chi connectivity index (χ1n) is 5.80. The zero-order chi connectivity index (χ0) is 14.5. The van der Waals surface area contributed by atoms with Gasteiger partial charge in [-0.15, -0.1) is 0 Å². The fraction of sp³-hybridized carbons (Fsp3) is 0.154. The minimum Gasteiger partial charge on any atom is -0.481 e. The molecule has 0 fully saturated rings. The van der Waals surface area contributed by atoms with E-state index in [2.05, 4.69) is 26.2 Å². The van der Waals surface area contributed by atoms with Crippen molar-refractivity contribution in [1.82, 2.24) is 4.98 Å². The number of benzene rings is 1. The number of nitro benzene ring substituents is 1. The predicted molar refractivity (Wildman–Crippen MR) is 78.9 cm³/mol. The smallest absolute Gasteiger partial charge is 0.312 e. The fourth-order valence-corrected chi connectivity index (χ4v) is 2.11. The van der Waals surface area contributed by atoms with E-state index in [0.29, 0.717) is 10.3 Å². The van der Waals surface area contributed by atoms with Crippen molar-refractivity contribution in [1.29, 1.82) is 0 Å². The number of aromatic nitrogens is 1. The minimum atomic E-state index is -0.467. The summed E-state index contributed by atoms with van der Waals surface area (Å²) in [5.74, 6) is 0.938. The molecule has 0 spiro atoms. The Bertz CT molecular complexity index is 634. The van der Waals surface area contributed by atoms with Crippen molar-refractivity contribution in [2.45, 2.75) is 6.61 Å². The van der Waals surface area contributed by atoms with Crippen molar-refractivity contribution in [2.75, 3.05) is 12.4 Å². The van der Waals surface area contributed by atoms with Gasteiger partial charge in [-0.3, -0.25) is 10.1 Å². The Balaban J connectivity index is 2.20. The van der Waals surface area contributed by atoms with E-state index in [-0.39, 0.29) is 18.0 Å². The van der Waals surface area contributed by atoms with Gasteiger partial charge in [0, 0.05) is 19.3 Å². The van der Waals surface area contributed by atoms with E-state index in [1.807, 2.05) is 6.07 Å². The molecule has 1 heterocycles. The van der Waals surface area contributed by atoms with Gasteiger partial charge in [0.2, 0.25) is 5.75 Å². The van der Waals surface area contributed by atoms with Crippen molar-refractivity contribution in [2.24, 2.45) is 0 Å². The highest BCUT2D eigenvalue weighted by Crippen LogP contribution is 2.35. The Labute approximate surface area is 124 Å². The second-order valence-corrected chi connectivity index (χ2v) is 4.79. The lowest BCUT2D eigenvalue weighted by Crippen LogP contribution is -2.01. The number of halogens is 1. The van der Waals surface area contributed by atoms with Gasteiger partial charge in [-0.25, -0.2) is 4.98 Å². The number of para-hydroxylation sites is 1. The molecule has 0 saturated carbocycles. The third-order valence-electron chi connectivity index (χ3n) is 2.61. The molecule has 104 valence electrons. The summed E-state index contributed by atoms with van der Waals surface area (Å²) in [5, 5.41) is 13.9. The molecule has 6 nitrogen and oxygen atoms in total. The van der Waals surface area contributed by atoms with Gasteiger partial charge in [0.15, 0.2) is 0 Å². The first-order chi connectivity index (χ1) is 9.61. The van der Waals surface area contributed by atoms with Crippen molar-refractivity contribution in [3.05, 3.63) is 56.7 Å². The molecule has 0 aliphatic heterocycles. The lowest BCUT2D eigenvalue weighted by atomic mass is 10.2. The number of rotatable bonds is 5. The van der Waals surface area contributed by atoms with Gasteiger partial charge in [0.05, 0.1) is 9.40 Å². The number of pyridine rings is 1. The van der Waals surface area contributed by atoms with E-state index in [1.54, 1.807) is 31.4 Å². The summed E-state index contributed by atoms with van der Waals surface area (Å²) in [6, 6.07) is 8.33. The topological polar surface area (TPSA) is 77.3 Å². The number of ether oxygens (including phenoxy) is 1. The third kappa shape index (κ3) is 3.24. The molecule has 1 aromatic carbocycles. The lowest BCUT2D eigenvalue weighted by Gasteiger charge is -2.09. The van der Waals surface area contributed by atoms with Gasteiger partial charge >= 0.3 is 5.69 Å². The highest BCUT2D eigenvalue weighted by molar-refractivity contribution is 9.10. The SMILES string of the molecule is CNc1cc(COc2c(Br)cccc2[N+](=O)[O-])ccn1. The van der Waals surface area contributed by atoms with Crippen LogP contribution in [0.15, 0.2) is 41.0 Å². The van der Waals surface area contributed by atoms with Gasteiger partial charge in [-0.1, -0.05) is 6.07 Å². The van der Waals surface area contributed by atoms with E-state index in [4.69, 9.17) is 4.74 Å². The maximum absolute atomic E-state index is 11.0. The van der Waals surface area contributed by atoms with E-state index in [0.717, 1.165) is 5.56 Å². The molecule has 0 amide bonds. The summed E-state index contributed by atoms with van der Waals surface area (Å²) < 4.78 is 6.12. The van der Waals surface area contributed by atoms with Crippen molar-refractivity contribution >= 4 is 27.4 Å². The summed E-state index contributed by atoms with van der Waals surface area (Å²) in [4.78, 5) is 14.6. The van der Waals surface area contributed by atoms with Gasteiger partial charge in [-0.2, -0.15) is 0 Å².